The number of nitrogens with two attached hydrogens (primary N) is 1. The molecule has 0 amide bonds. The molecule has 0 aliphatic rings. The molecule has 0 saturated carbocycles. The van der Waals surface area contributed by atoms with Gasteiger partial charge < -0.3 is 4.74 Å². The first-order chi connectivity index (χ1) is 7.42. The van der Waals surface area contributed by atoms with E-state index in [0.717, 1.165) is 5.56 Å². The molecular formula is C12H19FN2O. The van der Waals surface area contributed by atoms with Crippen LogP contribution in [0.5, 0.6) is 0 Å². The van der Waals surface area contributed by atoms with E-state index in [1.807, 2.05) is 13.8 Å². The Morgan fingerprint density at radius 1 is 1.44 bits per heavy atom. The molecule has 0 saturated heterocycles. The van der Waals surface area contributed by atoms with Crippen LogP contribution in [0.25, 0.3) is 0 Å². The van der Waals surface area contributed by atoms with Crippen LogP contribution < -0.4 is 11.3 Å². The van der Waals surface area contributed by atoms with Crippen molar-refractivity contribution in [2.24, 2.45) is 5.84 Å². The monoisotopic (exact) mass is 226 g/mol. The molecule has 0 aliphatic heterocycles. The van der Waals surface area contributed by atoms with Crippen LogP contribution in [0.3, 0.4) is 0 Å². The Morgan fingerprint density at radius 2 is 2.06 bits per heavy atom. The van der Waals surface area contributed by atoms with Gasteiger partial charge in [0.05, 0.1) is 11.6 Å². The van der Waals surface area contributed by atoms with Crippen LogP contribution in [-0.2, 0) is 4.74 Å². The van der Waals surface area contributed by atoms with E-state index in [2.05, 4.69) is 5.43 Å². The van der Waals surface area contributed by atoms with Gasteiger partial charge in [-0.3, -0.25) is 11.3 Å². The van der Waals surface area contributed by atoms with Crippen molar-refractivity contribution in [2.75, 3.05) is 7.11 Å². The molecule has 0 heterocycles. The van der Waals surface area contributed by atoms with Crippen LogP contribution in [0.2, 0.25) is 0 Å². The van der Waals surface area contributed by atoms with Crippen LogP contribution in [0.4, 0.5) is 4.39 Å². The van der Waals surface area contributed by atoms with Gasteiger partial charge >= 0.3 is 0 Å². The summed E-state index contributed by atoms with van der Waals surface area (Å²) < 4.78 is 18.5. The van der Waals surface area contributed by atoms with Crippen molar-refractivity contribution in [3.8, 4) is 0 Å². The lowest BCUT2D eigenvalue weighted by Gasteiger charge is -2.33. The van der Waals surface area contributed by atoms with Gasteiger partial charge in [-0.1, -0.05) is 12.1 Å². The van der Waals surface area contributed by atoms with Gasteiger partial charge in [0.25, 0.3) is 0 Å². The highest BCUT2D eigenvalue weighted by Crippen LogP contribution is 2.28. The molecule has 3 nitrogen and oxygen atoms in total. The van der Waals surface area contributed by atoms with Crippen molar-refractivity contribution < 1.29 is 9.13 Å². The van der Waals surface area contributed by atoms with Crippen LogP contribution in [-0.4, -0.2) is 12.7 Å². The molecular weight excluding hydrogens is 207 g/mol. The standard InChI is InChI=1S/C12H19FN2O/c1-8-7-9(5-6-10(8)13)11(15-14)12(2,3)16-4/h5-7,11,15H,14H2,1-4H3. The van der Waals surface area contributed by atoms with E-state index in [-0.39, 0.29) is 11.9 Å². The summed E-state index contributed by atoms with van der Waals surface area (Å²) in [7, 11) is 1.63. The maximum absolute atomic E-state index is 13.2. The zero-order valence-corrected chi connectivity index (χ0v) is 10.2. The Kier molecular flexibility index (Phi) is 4.02. The summed E-state index contributed by atoms with van der Waals surface area (Å²) in [5, 5.41) is 0. The smallest absolute Gasteiger partial charge is 0.126 e. The first-order valence-corrected chi connectivity index (χ1v) is 5.19. The SMILES string of the molecule is COC(C)(C)C(NN)c1ccc(F)c(C)c1. The van der Waals surface area contributed by atoms with E-state index < -0.39 is 5.60 Å². The van der Waals surface area contributed by atoms with Crippen molar-refractivity contribution in [2.45, 2.75) is 32.4 Å². The third-order valence-electron chi connectivity index (χ3n) is 2.90. The molecule has 0 spiro atoms. The molecule has 1 unspecified atom stereocenters. The summed E-state index contributed by atoms with van der Waals surface area (Å²) in [6.45, 7) is 5.58. The van der Waals surface area contributed by atoms with E-state index in [9.17, 15) is 4.39 Å². The molecule has 0 fully saturated rings. The number of benzene rings is 1. The molecule has 0 radical (unpaired) electrons. The average Bonchev–Trinajstić information content (AvgIpc) is 2.24. The predicted molar refractivity (Wildman–Crippen MR) is 62.3 cm³/mol. The second-order valence-corrected chi connectivity index (χ2v) is 4.42. The maximum Gasteiger partial charge on any atom is 0.126 e. The minimum atomic E-state index is -0.459. The second kappa shape index (κ2) is 4.91. The quantitative estimate of drug-likeness (QED) is 0.610. The Labute approximate surface area is 95.8 Å². The lowest BCUT2D eigenvalue weighted by Crippen LogP contribution is -2.44. The van der Waals surface area contributed by atoms with Gasteiger partial charge in [0.1, 0.15) is 5.82 Å². The second-order valence-electron chi connectivity index (χ2n) is 4.42. The number of methoxy groups -OCH3 is 1. The zero-order chi connectivity index (χ0) is 12.3. The minimum Gasteiger partial charge on any atom is -0.377 e. The fourth-order valence-electron chi connectivity index (χ4n) is 1.66. The summed E-state index contributed by atoms with van der Waals surface area (Å²) in [5.74, 6) is 5.32. The van der Waals surface area contributed by atoms with Crippen LogP contribution >= 0.6 is 0 Å². The summed E-state index contributed by atoms with van der Waals surface area (Å²) >= 11 is 0. The summed E-state index contributed by atoms with van der Waals surface area (Å²) in [6.07, 6.45) is 0. The average molecular weight is 226 g/mol. The molecule has 1 aromatic rings. The molecule has 4 heteroatoms. The topological polar surface area (TPSA) is 47.3 Å². The van der Waals surface area contributed by atoms with Gasteiger partial charge in [-0.25, -0.2) is 4.39 Å². The van der Waals surface area contributed by atoms with Crippen molar-refractivity contribution in [3.05, 3.63) is 35.1 Å². The number of aryl methyl sites for hydroxylation is 1. The fraction of sp³-hybridized carbons (Fsp3) is 0.500. The number of nitrogens with one attached hydrogen (secondary N) is 1. The molecule has 1 atom stereocenters. The number of hydrogen-bond donors (Lipinski definition) is 2. The van der Waals surface area contributed by atoms with Crippen molar-refractivity contribution >= 4 is 0 Å². The highest BCUT2D eigenvalue weighted by atomic mass is 19.1. The number of hydrazine groups is 1. The number of rotatable bonds is 4. The fourth-order valence-corrected chi connectivity index (χ4v) is 1.66. The van der Waals surface area contributed by atoms with E-state index in [1.165, 1.54) is 6.07 Å². The Morgan fingerprint density at radius 3 is 2.50 bits per heavy atom. The minimum absolute atomic E-state index is 0.184. The summed E-state index contributed by atoms with van der Waals surface area (Å²) in [6, 6.07) is 4.76. The molecule has 90 valence electrons. The molecule has 0 bridgehead atoms. The number of ether oxygens (including phenoxy) is 1. The Bertz CT molecular complexity index is 366. The lowest BCUT2D eigenvalue weighted by atomic mass is 9.91. The number of halogens is 1. The highest BCUT2D eigenvalue weighted by Gasteiger charge is 2.30. The first-order valence-electron chi connectivity index (χ1n) is 5.19. The summed E-state index contributed by atoms with van der Waals surface area (Å²) in [5.41, 5.74) is 3.76. The Hall–Kier alpha value is -0.970. The molecule has 1 aromatic carbocycles. The van der Waals surface area contributed by atoms with E-state index in [1.54, 1.807) is 26.2 Å². The van der Waals surface area contributed by atoms with Crippen LogP contribution in [0.15, 0.2) is 18.2 Å². The summed E-state index contributed by atoms with van der Waals surface area (Å²) in [4.78, 5) is 0. The Balaban J connectivity index is 3.09. The van der Waals surface area contributed by atoms with E-state index >= 15 is 0 Å². The maximum atomic E-state index is 13.2. The van der Waals surface area contributed by atoms with Crippen molar-refractivity contribution in [1.82, 2.24) is 5.43 Å². The molecule has 0 aliphatic carbocycles. The van der Waals surface area contributed by atoms with Gasteiger partial charge in [-0.2, -0.15) is 0 Å². The molecule has 16 heavy (non-hydrogen) atoms. The first kappa shape index (κ1) is 13.1. The van der Waals surface area contributed by atoms with Gasteiger partial charge in [0.2, 0.25) is 0 Å². The van der Waals surface area contributed by atoms with Gasteiger partial charge in [0.15, 0.2) is 0 Å². The predicted octanol–water partition coefficient (Wildman–Crippen LogP) is 2.06. The third kappa shape index (κ3) is 2.58. The third-order valence-corrected chi connectivity index (χ3v) is 2.90. The van der Waals surface area contributed by atoms with Gasteiger partial charge in [-0.15, -0.1) is 0 Å². The zero-order valence-electron chi connectivity index (χ0n) is 10.2. The molecule has 1 rings (SSSR count). The molecule has 3 N–H and O–H groups in total. The normalized spacial score (nSPS) is 13.9. The number of hydrogen-bond acceptors (Lipinski definition) is 3. The van der Waals surface area contributed by atoms with Crippen LogP contribution in [0.1, 0.15) is 31.0 Å². The highest BCUT2D eigenvalue weighted by molar-refractivity contribution is 5.28. The van der Waals surface area contributed by atoms with E-state index in [0.29, 0.717) is 5.56 Å². The molecule has 0 aromatic heterocycles. The largest absolute Gasteiger partial charge is 0.377 e. The van der Waals surface area contributed by atoms with Gasteiger partial charge in [0, 0.05) is 7.11 Å². The lowest BCUT2D eigenvalue weighted by molar-refractivity contribution is -0.0111. The van der Waals surface area contributed by atoms with Crippen molar-refractivity contribution in [1.29, 1.82) is 0 Å². The van der Waals surface area contributed by atoms with Crippen LogP contribution in [0, 0.1) is 12.7 Å². The van der Waals surface area contributed by atoms with E-state index in [4.69, 9.17) is 10.6 Å². The van der Waals surface area contributed by atoms with Crippen molar-refractivity contribution in [3.63, 3.8) is 0 Å². The van der Waals surface area contributed by atoms with Gasteiger partial charge in [-0.05, 0) is 38.0 Å².